The van der Waals surface area contributed by atoms with Crippen LogP contribution in [0.1, 0.15) is 25.7 Å². The highest BCUT2D eigenvalue weighted by molar-refractivity contribution is 7.91. The van der Waals surface area contributed by atoms with Gasteiger partial charge in [-0.15, -0.1) is 0 Å². The lowest BCUT2D eigenvalue weighted by Crippen LogP contribution is -2.33. The Morgan fingerprint density at radius 3 is 2.84 bits per heavy atom. The molecule has 2 aliphatic heterocycles. The minimum absolute atomic E-state index is 0.0458. The van der Waals surface area contributed by atoms with Crippen LogP contribution in [0.3, 0.4) is 0 Å². The lowest BCUT2D eigenvalue weighted by Gasteiger charge is -2.21. The Kier molecular flexibility index (Phi) is 6.42. The molecular weight excluding hydrogens is 344 g/mol. The molecule has 0 aromatic heterocycles. The molecule has 0 aliphatic carbocycles. The summed E-state index contributed by atoms with van der Waals surface area (Å²) in [5.41, 5.74) is -0.0518. The second-order valence-electron chi connectivity index (χ2n) is 6.47. The molecule has 9 heteroatoms. The summed E-state index contributed by atoms with van der Waals surface area (Å²) in [4.78, 5) is 27.0. The SMILES string of the molecule is CN(/C=C(/C#N)C(=O)NCCCN1CCCC1=O)C1CCS(=O)(=O)C1. The summed E-state index contributed by atoms with van der Waals surface area (Å²) in [7, 11) is -1.34. The first kappa shape index (κ1) is 19.2. The standard InChI is InChI=1S/C16H24N4O4S/c1-19(14-5-9-25(23,24)12-14)11-13(10-17)16(22)18-6-3-8-20-7-2-4-15(20)21/h11,14H,2-9,12H2,1H3,(H,18,22)/b13-11-. The number of likely N-dealkylation sites (tertiary alicyclic amines) is 1. The van der Waals surface area contributed by atoms with Gasteiger partial charge in [0.15, 0.2) is 9.84 Å². The lowest BCUT2D eigenvalue weighted by atomic mass is 10.2. The molecule has 1 N–H and O–H groups in total. The van der Waals surface area contributed by atoms with Gasteiger partial charge in [-0.25, -0.2) is 8.42 Å². The van der Waals surface area contributed by atoms with E-state index in [0.717, 1.165) is 13.0 Å². The van der Waals surface area contributed by atoms with Crippen molar-refractivity contribution in [3.63, 3.8) is 0 Å². The predicted octanol–water partition coefficient (Wildman–Crippen LogP) is -0.359. The maximum Gasteiger partial charge on any atom is 0.263 e. The average Bonchev–Trinajstić information content (AvgIpc) is 3.14. The van der Waals surface area contributed by atoms with Crippen LogP contribution < -0.4 is 5.32 Å². The summed E-state index contributed by atoms with van der Waals surface area (Å²) < 4.78 is 23.0. The molecule has 2 heterocycles. The van der Waals surface area contributed by atoms with Gasteiger partial charge in [-0.3, -0.25) is 9.59 Å². The van der Waals surface area contributed by atoms with Crippen molar-refractivity contribution in [2.45, 2.75) is 31.7 Å². The summed E-state index contributed by atoms with van der Waals surface area (Å²) in [6, 6.07) is 1.65. The van der Waals surface area contributed by atoms with Crippen molar-refractivity contribution in [2.75, 3.05) is 38.2 Å². The van der Waals surface area contributed by atoms with E-state index in [0.29, 0.717) is 32.4 Å². The van der Waals surface area contributed by atoms with E-state index >= 15 is 0 Å². The zero-order chi connectivity index (χ0) is 18.4. The van der Waals surface area contributed by atoms with E-state index < -0.39 is 15.7 Å². The van der Waals surface area contributed by atoms with E-state index in [1.54, 1.807) is 16.8 Å². The van der Waals surface area contributed by atoms with E-state index in [4.69, 9.17) is 0 Å². The molecule has 1 unspecified atom stereocenters. The molecule has 2 aliphatic rings. The van der Waals surface area contributed by atoms with Gasteiger partial charge in [-0.05, 0) is 19.3 Å². The normalized spacial score (nSPS) is 22.7. The van der Waals surface area contributed by atoms with Gasteiger partial charge >= 0.3 is 0 Å². The number of hydrogen-bond donors (Lipinski definition) is 1. The molecule has 0 aromatic rings. The fraction of sp³-hybridized carbons (Fsp3) is 0.688. The van der Waals surface area contributed by atoms with E-state index in [1.807, 2.05) is 6.07 Å². The number of rotatable bonds is 7. The Labute approximate surface area is 148 Å². The van der Waals surface area contributed by atoms with Gasteiger partial charge < -0.3 is 15.1 Å². The molecule has 138 valence electrons. The molecule has 0 saturated carbocycles. The van der Waals surface area contributed by atoms with Crippen LogP contribution in [-0.4, -0.2) is 74.3 Å². The highest BCUT2D eigenvalue weighted by Gasteiger charge is 2.30. The quantitative estimate of drug-likeness (QED) is 0.373. The molecule has 8 nitrogen and oxygen atoms in total. The van der Waals surface area contributed by atoms with Crippen LogP contribution in [0.15, 0.2) is 11.8 Å². The minimum Gasteiger partial charge on any atom is -0.375 e. The summed E-state index contributed by atoms with van der Waals surface area (Å²) >= 11 is 0. The van der Waals surface area contributed by atoms with Crippen LogP contribution in [0, 0.1) is 11.3 Å². The van der Waals surface area contributed by atoms with Crippen molar-refractivity contribution in [1.82, 2.24) is 15.1 Å². The Morgan fingerprint density at radius 1 is 1.52 bits per heavy atom. The molecule has 2 rings (SSSR count). The lowest BCUT2D eigenvalue weighted by molar-refractivity contribution is -0.127. The predicted molar refractivity (Wildman–Crippen MR) is 92.0 cm³/mol. The number of amides is 2. The highest BCUT2D eigenvalue weighted by Crippen LogP contribution is 2.17. The molecule has 2 amide bonds. The fourth-order valence-electron chi connectivity index (χ4n) is 3.05. The number of nitriles is 1. The van der Waals surface area contributed by atoms with Crippen LogP contribution >= 0.6 is 0 Å². The van der Waals surface area contributed by atoms with E-state index in [-0.39, 0.29) is 29.0 Å². The number of carbonyl (C=O) groups excluding carboxylic acids is 2. The molecule has 0 aromatic carbocycles. The van der Waals surface area contributed by atoms with Gasteiger partial charge in [-0.1, -0.05) is 0 Å². The summed E-state index contributed by atoms with van der Waals surface area (Å²) in [6.45, 7) is 1.75. The van der Waals surface area contributed by atoms with E-state index in [9.17, 15) is 23.3 Å². The zero-order valence-electron chi connectivity index (χ0n) is 14.4. The topological polar surface area (TPSA) is 111 Å². The molecular formula is C16H24N4O4S. The number of sulfone groups is 1. The van der Waals surface area contributed by atoms with Gasteiger partial charge in [0.05, 0.1) is 11.5 Å². The first-order chi connectivity index (χ1) is 11.8. The maximum absolute atomic E-state index is 12.1. The smallest absolute Gasteiger partial charge is 0.263 e. The number of carbonyl (C=O) groups is 2. The minimum atomic E-state index is -3.02. The number of nitrogens with zero attached hydrogens (tertiary/aromatic N) is 3. The van der Waals surface area contributed by atoms with Gasteiger partial charge in [0, 0.05) is 45.3 Å². The highest BCUT2D eigenvalue weighted by atomic mass is 32.2. The molecule has 1 atom stereocenters. The number of hydrogen-bond acceptors (Lipinski definition) is 6. The van der Waals surface area contributed by atoms with Crippen LogP contribution in [-0.2, 0) is 19.4 Å². The molecule has 25 heavy (non-hydrogen) atoms. The molecule has 0 spiro atoms. The Hall–Kier alpha value is -2.08. The van der Waals surface area contributed by atoms with Crippen molar-refractivity contribution in [3.05, 3.63) is 11.8 Å². The molecule has 2 fully saturated rings. The molecule has 0 bridgehead atoms. The summed E-state index contributed by atoms with van der Waals surface area (Å²) in [6.07, 6.45) is 4.02. The van der Waals surface area contributed by atoms with Gasteiger partial charge in [0.1, 0.15) is 11.6 Å². The van der Waals surface area contributed by atoms with Crippen LogP contribution in [0.5, 0.6) is 0 Å². The van der Waals surface area contributed by atoms with Crippen LogP contribution in [0.25, 0.3) is 0 Å². The van der Waals surface area contributed by atoms with Crippen molar-refractivity contribution in [1.29, 1.82) is 5.26 Å². The number of nitrogens with one attached hydrogen (secondary N) is 1. The molecule has 2 saturated heterocycles. The van der Waals surface area contributed by atoms with Crippen molar-refractivity contribution >= 4 is 21.7 Å². The fourth-order valence-corrected chi connectivity index (χ4v) is 4.84. The average molecular weight is 368 g/mol. The largest absolute Gasteiger partial charge is 0.375 e. The first-order valence-corrected chi connectivity index (χ1v) is 10.2. The summed E-state index contributed by atoms with van der Waals surface area (Å²) in [5, 5.41) is 11.8. The third-order valence-electron chi connectivity index (χ3n) is 4.54. The van der Waals surface area contributed by atoms with Gasteiger partial charge in [0.2, 0.25) is 5.91 Å². The van der Waals surface area contributed by atoms with Crippen molar-refractivity contribution < 1.29 is 18.0 Å². The zero-order valence-corrected chi connectivity index (χ0v) is 15.2. The second-order valence-corrected chi connectivity index (χ2v) is 8.70. The second kappa shape index (κ2) is 8.34. The monoisotopic (exact) mass is 368 g/mol. The van der Waals surface area contributed by atoms with Gasteiger partial charge in [0.25, 0.3) is 5.91 Å². The van der Waals surface area contributed by atoms with Gasteiger partial charge in [-0.2, -0.15) is 5.26 Å². The molecule has 0 radical (unpaired) electrons. The third kappa shape index (κ3) is 5.46. The Morgan fingerprint density at radius 2 is 2.28 bits per heavy atom. The van der Waals surface area contributed by atoms with Crippen LogP contribution in [0.4, 0.5) is 0 Å². The summed E-state index contributed by atoms with van der Waals surface area (Å²) in [5.74, 6) is -0.149. The Bertz CT molecular complexity index is 695. The van der Waals surface area contributed by atoms with Crippen LogP contribution in [0.2, 0.25) is 0 Å². The first-order valence-electron chi connectivity index (χ1n) is 8.42. The third-order valence-corrected chi connectivity index (χ3v) is 6.29. The van der Waals surface area contributed by atoms with Crippen molar-refractivity contribution in [2.24, 2.45) is 0 Å². The maximum atomic E-state index is 12.1. The Balaban J connectivity index is 1.79. The van der Waals surface area contributed by atoms with E-state index in [2.05, 4.69) is 5.32 Å². The van der Waals surface area contributed by atoms with Crippen molar-refractivity contribution in [3.8, 4) is 6.07 Å². The van der Waals surface area contributed by atoms with E-state index in [1.165, 1.54) is 6.20 Å².